The average molecular weight is 215 g/mol. The minimum atomic E-state index is 0.791. The Hall–Kier alpha value is 0.310. The van der Waals surface area contributed by atoms with Crippen molar-refractivity contribution < 1.29 is 0 Å². The van der Waals surface area contributed by atoms with Gasteiger partial charge in [-0.25, -0.2) is 0 Å². The number of rotatable bonds is 7. The SMILES string of the molecule is CSCCC1CCC1CNCC(C)C. The van der Waals surface area contributed by atoms with E-state index in [1.807, 2.05) is 11.8 Å². The first-order valence-corrected chi connectivity index (χ1v) is 7.33. The van der Waals surface area contributed by atoms with Crippen LogP contribution in [0.1, 0.15) is 33.1 Å². The molecule has 0 aromatic carbocycles. The molecule has 0 bridgehead atoms. The van der Waals surface area contributed by atoms with Crippen molar-refractivity contribution in [2.75, 3.05) is 25.1 Å². The predicted octanol–water partition coefficient (Wildman–Crippen LogP) is 3.01. The van der Waals surface area contributed by atoms with Crippen LogP contribution in [0.5, 0.6) is 0 Å². The average Bonchev–Trinajstić information content (AvgIpc) is 2.11. The van der Waals surface area contributed by atoms with Crippen LogP contribution in [0.4, 0.5) is 0 Å². The fraction of sp³-hybridized carbons (Fsp3) is 1.00. The second-order valence-corrected chi connectivity index (χ2v) is 5.92. The highest BCUT2D eigenvalue weighted by Gasteiger charge is 2.29. The third-order valence-electron chi connectivity index (χ3n) is 3.23. The topological polar surface area (TPSA) is 12.0 Å². The summed E-state index contributed by atoms with van der Waals surface area (Å²) in [5, 5.41) is 3.59. The largest absolute Gasteiger partial charge is 0.316 e. The number of nitrogens with one attached hydrogen (secondary N) is 1. The molecule has 14 heavy (non-hydrogen) atoms. The van der Waals surface area contributed by atoms with E-state index in [0.717, 1.165) is 17.8 Å². The maximum atomic E-state index is 3.59. The van der Waals surface area contributed by atoms with Crippen molar-refractivity contribution in [1.29, 1.82) is 0 Å². The Morgan fingerprint density at radius 3 is 2.50 bits per heavy atom. The lowest BCUT2D eigenvalue weighted by atomic mass is 9.72. The zero-order chi connectivity index (χ0) is 10.4. The second kappa shape index (κ2) is 6.73. The minimum Gasteiger partial charge on any atom is -0.316 e. The highest BCUT2D eigenvalue weighted by molar-refractivity contribution is 7.98. The molecule has 0 amide bonds. The van der Waals surface area contributed by atoms with Crippen LogP contribution in [0.3, 0.4) is 0 Å². The van der Waals surface area contributed by atoms with Gasteiger partial charge in [0.15, 0.2) is 0 Å². The molecule has 2 unspecified atom stereocenters. The maximum absolute atomic E-state index is 3.59. The molecule has 1 fully saturated rings. The molecule has 0 heterocycles. The van der Waals surface area contributed by atoms with Crippen molar-refractivity contribution >= 4 is 11.8 Å². The fourth-order valence-electron chi connectivity index (χ4n) is 2.11. The van der Waals surface area contributed by atoms with E-state index in [1.54, 1.807) is 0 Å². The molecule has 1 aliphatic rings. The zero-order valence-electron chi connectivity index (χ0n) is 9.88. The van der Waals surface area contributed by atoms with Crippen molar-refractivity contribution in [2.45, 2.75) is 33.1 Å². The van der Waals surface area contributed by atoms with Crippen LogP contribution in [0.15, 0.2) is 0 Å². The van der Waals surface area contributed by atoms with Gasteiger partial charge in [-0.3, -0.25) is 0 Å². The standard InChI is InChI=1S/C12H25NS/c1-10(2)8-13-9-12-5-4-11(12)6-7-14-3/h10-13H,4-9H2,1-3H3. The Labute approximate surface area is 93.4 Å². The monoisotopic (exact) mass is 215 g/mol. The molecule has 0 saturated heterocycles. The van der Waals surface area contributed by atoms with E-state index in [1.165, 1.54) is 38.1 Å². The van der Waals surface area contributed by atoms with E-state index in [4.69, 9.17) is 0 Å². The first-order chi connectivity index (χ1) is 6.74. The summed E-state index contributed by atoms with van der Waals surface area (Å²) < 4.78 is 0. The van der Waals surface area contributed by atoms with Crippen LogP contribution < -0.4 is 5.32 Å². The van der Waals surface area contributed by atoms with Crippen molar-refractivity contribution in [3.63, 3.8) is 0 Å². The number of hydrogen-bond donors (Lipinski definition) is 1. The summed E-state index contributed by atoms with van der Waals surface area (Å²) in [7, 11) is 0. The van der Waals surface area contributed by atoms with E-state index < -0.39 is 0 Å². The van der Waals surface area contributed by atoms with E-state index in [0.29, 0.717) is 0 Å². The van der Waals surface area contributed by atoms with E-state index in [2.05, 4.69) is 25.4 Å². The highest BCUT2D eigenvalue weighted by atomic mass is 32.2. The van der Waals surface area contributed by atoms with Gasteiger partial charge in [0.25, 0.3) is 0 Å². The van der Waals surface area contributed by atoms with E-state index >= 15 is 0 Å². The molecule has 0 aromatic rings. The Kier molecular flexibility index (Phi) is 5.95. The predicted molar refractivity (Wildman–Crippen MR) is 66.9 cm³/mol. The van der Waals surface area contributed by atoms with E-state index in [9.17, 15) is 0 Å². The van der Waals surface area contributed by atoms with Crippen LogP contribution >= 0.6 is 11.8 Å². The van der Waals surface area contributed by atoms with Gasteiger partial charge in [-0.1, -0.05) is 13.8 Å². The molecule has 0 radical (unpaired) electrons. The molecule has 1 saturated carbocycles. The van der Waals surface area contributed by atoms with Crippen LogP contribution in [-0.4, -0.2) is 25.1 Å². The fourth-order valence-corrected chi connectivity index (χ4v) is 2.65. The maximum Gasteiger partial charge on any atom is -0.00177 e. The van der Waals surface area contributed by atoms with Crippen molar-refractivity contribution in [3.05, 3.63) is 0 Å². The molecule has 84 valence electrons. The Morgan fingerprint density at radius 2 is 2.00 bits per heavy atom. The van der Waals surface area contributed by atoms with Gasteiger partial charge in [0, 0.05) is 0 Å². The van der Waals surface area contributed by atoms with Gasteiger partial charge >= 0.3 is 0 Å². The summed E-state index contributed by atoms with van der Waals surface area (Å²) in [6.45, 7) is 7.00. The molecule has 2 heteroatoms. The van der Waals surface area contributed by atoms with Crippen LogP contribution in [0.2, 0.25) is 0 Å². The molecule has 0 aliphatic heterocycles. The molecule has 2 atom stereocenters. The van der Waals surface area contributed by atoms with Gasteiger partial charge < -0.3 is 5.32 Å². The van der Waals surface area contributed by atoms with Crippen molar-refractivity contribution in [2.24, 2.45) is 17.8 Å². The quantitative estimate of drug-likeness (QED) is 0.700. The van der Waals surface area contributed by atoms with Gasteiger partial charge in [-0.2, -0.15) is 11.8 Å². The molecule has 0 aromatic heterocycles. The lowest BCUT2D eigenvalue weighted by Gasteiger charge is -2.37. The Bertz CT molecular complexity index is 147. The Morgan fingerprint density at radius 1 is 1.29 bits per heavy atom. The van der Waals surface area contributed by atoms with Crippen molar-refractivity contribution in [3.8, 4) is 0 Å². The molecular formula is C12H25NS. The molecule has 1 aliphatic carbocycles. The molecular weight excluding hydrogens is 190 g/mol. The summed E-state index contributed by atoms with van der Waals surface area (Å²) in [4.78, 5) is 0. The Balaban J connectivity index is 2.01. The summed E-state index contributed by atoms with van der Waals surface area (Å²) in [6.07, 6.45) is 6.60. The van der Waals surface area contributed by atoms with Gasteiger partial charge in [-0.15, -0.1) is 0 Å². The first-order valence-electron chi connectivity index (χ1n) is 5.93. The van der Waals surface area contributed by atoms with Gasteiger partial charge in [-0.05, 0) is 62.1 Å². The number of hydrogen-bond acceptors (Lipinski definition) is 2. The summed E-state index contributed by atoms with van der Waals surface area (Å²) in [5.41, 5.74) is 0. The molecule has 1 rings (SSSR count). The first kappa shape index (κ1) is 12.4. The van der Waals surface area contributed by atoms with Gasteiger partial charge in [0.1, 0.15) is 0 Å². The summed E-state index contributed by atoms with van der Waals surface area (Å²) in [5.74, 6) is 4.16. The summed E-state index contributed by atoms with van der Waals surface area (Å²) >= 11 is 1.99. The zero-order valence-corrected chi connectivity index (χ0v) is 10.7. The summed E-state index contributed by atoms with van der Waals surface area (Å²) in [6, 6.07) is 0. The smallest absolute Gasteiger partial charge is 0.00177 e. The van der Waals surface area contributed by atoms with Crippen molar-refractivity contribution in [1.82, 2.24) is 5.32 Å². The molecule has 1 N–H and O–H groups in total. The highest BCUT2D eigenvalue weighted by Crippen LogP contribution is 2.36. The molecule has 0 spiro atoms. The third-order valence-corrected chi connectivity index (χ3v) is 3.87. The normalized spacial score (nSPS) is 26.6. The van der Waals surface area contributed by atoms with E-state index in [-0.39, 0.29) is 0 Å². The number of thioether (sulfide) groups is 1. The van der Waals surface area contributed by atoms with Gasteiger partial charge in [0.2, 0.25) is 0 Å². The lowest BCUT2D eigenvalue weighted by Crippen LogP contribution is -2.36. The second-order valence-electron chi connectivity index (χ2n) is 4.93. The van der Waals surface area contributed by atoms with Crippen LogP contribution in [-0.2, 0) is 0 Å². The van der Waals surface area contributed by atoms with Crippen LogP contribution in [0.25, 0.3) is 0 Å². The van der Waals surface area contributed by atoms with Crippen LogP contribution in [0, 0.1) is 17.8 Å². The van der Waals surface area contributed by atoms with Gasteiger partial charge in [0.05, 0.1) is 0 Å². The molecule has 1 nitrogen and oxygen atoms in total. The third kappa shape index (κ3) is 4.22. The lowest BCUT2D eigenvalue weighted by molar-refractivity contribution is 0.166. The minimum absolute atomic E-state index is 0.791.